The molecular weight excluding hydrogens is 320 g/mol. The number of anilines is 1. The van der Waals surface area contributed by atoms with Crippen LogP contribution in [0.1, 0.15) is 38.2 Å². The van der Waals surface area contributed by atoms with Gasteiger partial charge in [-0.15, -0.1) is 5.10 Å². The van der Waals surface area contributed by atoms with Gasteiger partial charge in [0.05, 0.1) is 12.7 Å². The summed E-state index contributed by atoms with van der Waals surface area (Å²) in [7, 11) is 0. The lowest BCUT2D eigenvalue weighted by atomic mass is 9.86. The molecule has 3 aromatic rings. The fraction of sp³-hybridized carbons (Fsp3) is 0.364. The van der Waals surface area contributed by atoms with Crippen molar-refractivity contribution in [2.75, 3.05) is 5.32 Å². The zero-order valence-corrected chi connectivity index (χ0v) is 15.3. The predicted molar refractivity (Wildman–Crippen MR) is 106 cm³/mol. The Balaban J connectivity index is 1.48. The highest BCUT2D eigenvalue weighted by molar-refractivity contribution is 5.64. The number of hydrogen-bond acceptors (Lipinski definition) is 3. The van der Waals surface area contributed by atoms with Crippen molar-refractivity contribution in [2.24, 2.45) is 5.92 Å². The van der Waals surface area contributed by atoms with Gasteiger partial charge >= 0.3 is 0 Å². The van der Waals surface area contributed by atoms with Crippen LogP contribution in [0.5, 0.6) is 0 Å². The minimum absolute atomic E-state index is 0.577. The molecule has 4 rings (SSSR count). The van der Waals surface area contributed by atoms with E-state index in [2.05, 4.69) is 71.1 Å². The van der Waals surface area contributed by atoms with Gasteiger partial charge in [-0.2, -0.15) is 0 Å². The summed E-state index contributed by atoms with van der Waals surface area (Å²) in [5.41, 5.74) is 4.43. The van der Waals surface area contributed by atoms with Gasteiger partial charge in [-0.3, -0.25) is 0 Å². The van der Waals surface area contributed by atoms with Crippen molar-refractivity contribution < 1.29 is 0 Å². The molecule has 1 aliphatic carbocycles. The van der Waals surface area contributed by atoms with Crippen molar-refractivity contribution in [1.29, 1.82) is 0 Å². The highest BCUT2D eigenvalue weighted by Gasteiger charge is 2.21. The normalized spacial score (nSPS) is 20.0. The quantitative estimate of drug-likeness (QED) is 0.708. The second kappa shape index (κ2) is 7.73. The third kappa shape index (κ3) is 3.96. The molecule has 1 fully saturated rings. The monoisotopic (exact) mass is 346 g/mol. The van der Waals surface area contributed by atoms with Crippen molar-refractivity contribution in [1.82, 2.24) is 15.0 Å². The number of nitrogens with zero attached hydrogens (tertiary/aromatic N) is 3. The summed E-state index contributed by atoms with van der Waals surface area (Å²) in [6, 6.07) is 19.5. The number of hydrogen-bond donors (Lipinski definition) is 1. The van der Waals surface area contributed by atoms with Gasteiger partial charge in [0.15, 0.2) is 0 Å². The van der Waals surface area contributed by atoms with E-state index in [1.54, 1.807) is 0 Å². The molecule has 0 saturated heterocycles. The molecule has 1 N–H and O–H groups in total. The molecule has 1 heterocycles. The first-order valence-corrected chi connectivity index (χ1v) is 9.59. The summed E-state index contributed by atoms with van der Waals surface area (Å²) in [5, 5.41) is 12.4. The lowest BCUT2D eigenvalue weighted by Crippen LogP contribution is -2.30. The topological polar surface area (TPSA) is 42.7 Å². The first kappa shape index (κ1) is 16.8. The Bertz CT molecular complexity index is 840. The van der Waals surface area contributed by atoms with Crippen LogP contribution in [0.4, 0.5) is 5.69 Å². The van der Waals surface area contributed by atoms with Crippen LogP contribution in [0.2, 0.25) is 0 Å². The molecule has 0 aliphatic heterocycles. The molecule has 2 aromatic carbocycles. The van der Waals surface area contributed by atoms with E-state index in [4.69, 9.17) is 0 Å². The molecule has 4 heteroatoms. The zero-order valence-electron chi connectivity index (χ0n) is 15.3. The van der Waals surface area contributed by atoms with E-state index in [9.17, 15) is 0 Å². The standard InChI is InChI=1S/C22H26N4/c1-17-8-5-6-13-21(17)23-20-12-7-11-19(14-20)22-16-26(25-24-22)15-18-9-3-2-4-10-18/h2-4,7,9-12,14,16-17,21,23H,5-6,8,13,15H2,1H3. The van der Waals surface area contributed by atoms with Gasteiger partial charge in [0.1, 0.15) is 5.69 Å². The SMILES string of the molecule is CC1CCCCC1Nc1cccc(-c2cn(Cc3ccccc3)nn2)c1. The molecule has 4 nitrogen and oxygen atoms in total. The van der Waals surface area contributed by atoms with E-state index >= 15 is 0 Å². The van der Waals surface area contributed by atoms with Crippen molar-refractivity contribution in [3.8, 4) is 11.3 Å². The Morgan fingerprint density at radius 1 is 1.04 bits per heavy atom. The maximum absolute atomic E-state index is 4.37. The lowest BCUT2D eigenvalue weighted by molar-refractivity contribution is 0.349. The molecule has 2 atom stereocenters. The maximum atomic E-state index is 4.37. The first-order chi connectivity index (χ1) is 12.8. The second-order valence-corrected chi connectivity index (χ2v) is 7.38. The summed E-state index contributed by atoms with van der Waals surface area (Å²) in [6.07, 6.45) is 7.30. The summed E-state index contributed by atoms with van der Waals surface area (Å²) < 4.78 is 1.90. The molecule has 0 bridgehead atoms. The van der Waals surface area contributed by atoms with Crippen LogP contribution in [-0.2, 0) is 6.54 Å². The Kier molecular flexibility index (Phi) is 5.00. The zero-order chi connectivity index (χ0) is 17.8. The minimum atomic E-state index is 0.577. The number of nitrogens with one attached hydrogen (secondary N) is 1. The molecule has 1 saturated carbocycles. The number of aromatic nitrogens is 3. The predicted octanol–water partition coefficient (Wildman–Crippen LogP) is 4.98. The van der Waals surface area contributed by atoms with Crippen LogP contribution in [0.25, 0.3) is 11.3 Å². The van der Waals surface area contributed by atoms with E-state index in [1.807, 2.05) is 16.9 Å². The smallest absolute Gasteiger partial charge is 0.113 e. The van der Waals surface area contributed by atoms with Crippen molar-refractivity contribution in [3.63, 3.8) is 0 Å². The van der Waals surface area contributed by atoms with Crippen LogP contribution >= 0.6 is 0 Å². The van der Waals surface area contributed by atoms with Gasteiger partial charge in [-0.25, -0.2) is 4.68 Å². The largest absolute Gasteiger partial charge is 0.382 e. The van der Waals surface area contributed by atoms with Gasteiger partial charge < -0.3 is 5.32 Å². The average molecular weight is 346 g/mol. The Hall–Kier alpha value is -2.62. The molecule has 1 aromatic heterocycles. The molecular formula is C22H26N4. The van der Waals surface area contributed by atoms with Crippen molar-refractivity contribution >= 4 is 5.69 Å². The van der Waals surface area contributed by atoms with Crippen LogP contribution in [-0.4, -0.2) is 21.0 Å². The van der Waals surface area contributed by atoms with E-state index in [-0.39, 0.29) is 0 Å². The van der Waals surface area contributed by atoms with E-state index in [0.717, 1.165) is 23.7 Å². The summed E-state index contributed by atoms with van der Waals surface area (Å²) in [4.78, 5) is 0. The molecule has 0 spiro atoms. The van der Waals surface area contributed by atoms with Crippen LogP contribution in [0.3, 0.4) is 0 Å². The van der Waals surface area contributed by atoms with Gasteiger partial charge in [0, 0.05) is 17.3 Å². The van der Waals surface area contributed by atoms with Crippen molar-refractivity contribution in [2.45, 2.75) is 45.2 Å². The Morgan fingerprint density at radius 2 is 1.88 bits per heavy atom. The second-order valence-electron chi connectivity index (χ2n) is 7.38. The molecule has 1 aliphatic rings. The summed E-state index contributed by atoms with van der Waals surface area (Å²) in [6.45, 7) is 3.10. The van der Waals surface area contributed by atoms with Gasteiger partial charge in [0.25, 0.3) is 0 Å². The first-order valence-electron chi connectivity index (χ1n) is 9.59. The van der Waals surface area contributed by atoms with Crippen LogP contribution in [0, 0.1) is 5.92 Å². The number of benzene rings is 2. The molecule has 2 unspecified atom stereocenters. The molecule has 26 heavy (non-hydrogen) atoms. The van der Waals surface area contributed by atoms with Crippen molar-refractivity contribution in [3.05, 3.63) is 66.4 Å². The molecule has 134 valence electrons. The average Bonchev–Trinajstić information content (AvgIpc) is 3.13. The number of rotatable bonds is 5. The summed E-state index contributed by atoms with van der Waals surface area (Å²) >= 11 is 0. The minimum Gasteiger partial charge on any atom is -0.382 e. The van der Waals surface area contributed by atoms with Gasteiger partial charge in [-0.1, -0.05) is 67.4 Å². The lowest BCUT2D eigenvalue weighted by Gasteiger charge is -2.30. The highest BCUT2D eigenvalue weighted by atomic mass is 15.4. The molecule has 0 radical (unpaired) electrons. The fourth-order valence-electron chi connectivity index (χ4n) is 3.79. The van der Waals surface area contributed by atoms with Crippen LogP contribution < -0.4 is 5.32 Å². The Labute approximate surface area is 155 Å². The maximum Gasteiger partial charge on any atom is 0.113 e. The highest BCUT2D eigenvalue weighted by Crippen LogP contribution is 2.28. The Morgan fingerprint density at radius 3 is 2.73 bits per heavy atom. The van der Waals surface area contributed by atoms with Crippen LogP contribution in [0.15, 0.2) is 60.8 Å². The summed E-state index contributed by atoms with van der Waals surface area (Å²) in [5.74, 6) is 0.735. The van der Waals surface area contributed by atoms with E-state index < -0.39 is 0 Å². The van der Waals surface area contributed by atoms with E-state index in [1.165, 1.54) is 36.9 Å². The van der Waals surface area contributed by atoms with Gasteiger partial charge in [0.2, 0.25) is 0 Å². The van der Waals surface area contributed by atoms with E-state index in [0.29, 0.717) is 6.04 Å². The fourth-order valence-corrected chi connectivity index (χ4v) is 3.79. The van der Waals surface area contributed by atoms with Gasteiger partial charge in [-0.05, 0) is 36.5 Å². The third-order valence-corrected chi connectivity index (χ3v) is 5.35. The third-order valence-electron chi connectivity index (χ3n) is 5.35. The molecule has 0 amide bonds.